The number of rotatable bonds is 5. The van der Waals surface area contributed by atoms with Crippen LogP contribution in [-0.4, -0.2) is 15.5 Å². The van der Waals surface area contributed by atoms with Crippen LogP contribution in [0.3, 0.4) is 0 Å². The van der Waals surface area contributed by atoms with Crippen molar-refractivity contribution >= 4 is 29.0 Å². The molecule has 0 saturated heterocycles. The van der Waals surface area contributed by atoms with E-state index in [-0.39, 0.29) is 17.5 Å². The van der Waals surface area contributed by atoms with Crippen molar-refractivity contribution in [3.63, 3.8) is 0 Å². The third-order valence-corrected chi connectivity index (χ3v) is 4.82. The van der Waals surface area contributed by atoms with Gasteiger partial charge < -0.3 is 10.3 Å². The van der Waals surface area contributed by atoms with Crippen molar-refractivity contribution < 1.29 is 4.79 Å². The number of aromatic amines is 1. The molecular formula is C20H21N3O2S. The summed E-state index contributed by atoms with van der Waals surface area (Å²) in [7, 11) is 1.62. The first-order valence-corrected chi connectivity index (χ1v) is 9.01. The van der Waals surface area contributed by atoms with Gasteiger partial charge in [-0.3, -0.25) is 14.2 Å². The van der Waals surface area contributed by atoms with Crippen LogP contribution in [-0.2, 0) is 7.05 Å². The first kappa shape index (κ1) is 18.1. The number of hydrogen-bond acceptors (Lipinski definition) is 3. The molecule has 26 heavy (non-hydrogen) atoms. The molecule has 6 heteroatoms. The molecule has 0 aliphatic carbocycles. The zero-order chi connectivity index (χ0) is 18.7. The molecule has 0 fully saturated rings. The first-order valence-electron chi connectivity index (χ1n) is 8.60. The molecule has 1 aromatic heterocycles. The number of nitrogens with zero attached hydrogens (tertiary/aromatic N) is 1. The van der Waals surface area contributed by atoms with Crippen molar-refractivity contribution in [1.82, 2.24) is 14.9 Å². The summed E-state index contributed by atoms with van der Waals surface area (Å²) in [5, 5.41) is 3.60. The molecule has 1 unspecified atom stereocenters. The fourth-order valence-electron chi connectivity index (χ4n) is 2.99. The predicted molar refractivity (Wildman–Crippen MR) is 106 cm³/mol. The van der Waals surface area contributed by atoms with Gasteiger partial charge in [0.05, 0.1) is 16.9 Å². The molecule has 3 aromatic rings. The molecule has 1 heterocycles. The lowest BCUT2D eigenvalue weighted by molar-refractivity contribution is 0.0934. The first-order chi connectivity index (χ1) is 12.5. The minimum absolute atomic E-state index is 0.0495. The van der Waals surface area contributed by atoms with Gasteiger partial charge in [-0.1, -0.05) is 43.7 Å². The van der Waals surface area contributed by atoms with Crippen LogP contribution in [0.5, 0.6) is 0 Å². The quantitative estimate of drug-likeness (QED) is 0.673. The Kier molecular flexibility index (Phi) is 5.32. The van der Waals surface area contributed by atoms with E-state index in [1.165, 1.54) is 4.57 Å². The lowest BCUT2D eigenvalue weighted by Crippen LogP contribution is -2.28. The van der Waals surface area contributed by atoms with Crippen molar-refractivity contribution in [3.8, 4) is 0 Å². The highest BCUT2D eigenvalue weighted by Gasteiger charge is 2.16. The van der Waals surface area contributed by atoms with Gasteiger partial charge in [-0.15, -0.1) is 0 Å². The number of benzene rings is 2. The minimum Gasteiger partial charge on any atom is -0.345 e. The van der Waals surface area contributed by atoms with Gasteiger partial charge in [0.25, 0.3) is 11.5 Å². The zero-order valence-electron chi connectivity index (χ0n) is 14.8. The maximum Gasteiger partial charge on any atom is 0.261 e. The van der Waals surface area contributed by atoms with E-state index < -0.39 is 0 Å². The van der Waals surface area contributed by atoms with E-state index in [0.29, 0.717) is 21.2 Å². The lowest BCUT2D eigenvalue weighted by Gasteiger charge is -2.19. The third kappa shape index (κ3) is 3.60. The maximum atomic E-state index is 12.7. The van der Waals surface area contributed by atoms with Gasteiger partial charge >= 0.3 is 0 Å². The van der Waals surface area contributed by atoms with Crippen LogP contribution < -0.4 is 10.9 Å². The maximum absolute atomic E-state index is 12.7. The van der Waals surface area contributed by atoms with E-state index in [1.54, 1.807) is 25.2 Å². The lowest BCUT2D eigenvalue weighted by atomic mass is 10.0. The summed E-state index contributed by atoms with van der Waals surface area (Å²) in [5.41, 5.74) is 1.96. The molecule has 2 N–H and O–H groups in total. The Morgan fingerprint density at radius 2 is 1.96 bits per heavy atom. The molecule has 134 valence electrons. The van der Waals surface area contributed by atoms with Crippen LogP contribution in [0.15, 0.2) is 53.3 Å². The average molecular weight is 367 g/mol. The molecule has 3 rings (SSSR count). The van der Waals surface area contributed by atoms with E-state index in [9.17, 15) is 9.59 Å². The van der Waals surface area contributed by atoms with Crippen LogP contribution in [0, 0.1) is 4.77 Å². The molecule has 2 aromatic carbocycles. The van der Waals surface area contributed by atoms with E-state index in [0.717, 1.165) is 18.4 Å². The van der Waals surface area contributed by atoms with Crippen LogP contribution in [0.2, 0.25) is 0 Å². The summed E-state index contributed by atoms with van der Waals surface area (Å²) in [5.74, 6) is -0.172. The molecule has 0 aliphatic rings. The van der Waals surface area contributed by atoms with Gasteiger partial charge in [0, 0.05) is 12.6 Å². The molecule has 5 nitrogen and oxygen atoms in total. The number of carbonyl (C=O) groups is 1. The van der Waals surface area contributed by atoms with Gasteiger partial charge in [-0.05, 0) is 42.4 Å². The van der Waals surface area contributed by atoms with Crippen LogP contribution in [0.1, 0.15) is 41.7 Å². The van der Waals surface area contributed by atoms with Gasteiger partial charge in [0.1, 0.15) is 0 Å². The zero-order valence-corrected chi connectivity index (χ0v) is 15.6. The Hall–Kier alpha value is -2.73. The molecule has 0 aliphatic heterocycles. The molecule has 1 amide bonds. The highest BCUT2D eigenvalue weighted by molar-refractivity contribution is 7.71. The third-order valence-electron chi connectivity index (χ3n) is 4.45. The number of carbonyl (C=O) groups excluding carboxylic acids is 1. The standard InChI is InChI=1S/C20H21N3O2S/c1-3-7-16(13-8-5-4-6-9-13)21-18(24)14-10-11-15-17(12-14)22-20(26)23(2)19(15)25/h4-6,8-12,16H,3,7H2,1-2H3,(H,21,24)(H,22,26). The average Bonchev–Trinajstić information content (AvgIpc) is 2.66. The number of nitrogens with one attached hydrogen (secondary N) is 2. The SMILES string of the molecule is CCCC(NC(=O)c1ccc2c(=O)n(C)c(=S)[nH]c2c1)c1ccccc1. The second kappa shape index (κ2) is 7.66. The topological polar surface area (TPSA) is 66.9 Å². The summed E-state index contributed by atoms with van der Waals surface area (Å²) >= 11 is 5.15. The molecule has 0 saturated carbocycles. The molecule has 0 radical (unpaired) electrons. The summed E-state index contributed by atoms with van der Waals surface area (Å²) in [6, 6.07) is 14.9. The Balaban J connectivity index is 1.93. The summed E-state index contributed by atoms with van der Waals surface area (Å²) < 4.78 is 1.71. The van der Waals surface area contributed by atoms with Crippen molar-refractivity contribution in [1.29, 1.82) is 0 Å². The smallest absolute Gasteiger partial charge is 0.261 e. The van der Waals surface area contributed by atoms with Crippen molar-refractivity contribution in [2.45, 2.75) is 25.8 Å². The summed E-state index contributed by atoms with van der Waals surface area (Å²) in [6.07, 6.45) is 1.81. The van der Waals surface area contributed by atoms with Crippen LogP contribution in [0.25, 0.3) is 10.9 Å². The van der Waals surface area contributed by atoms with E-state index in [1.807, 2.05) is 30.3 Å². The van der Waals surface area contributed by atoms with E-state index in [4.69, 9.17) is 12.2 Å². The Morgan fingerprint density at radius 3 is 2.65 bits per heavy atom. The fraction of sp³-hybridized carbons (Fsp3) is 0.250. The number of fused-ring (bicyclic) bond motifs is 1. The minimum atomic E-state index is -0.177. The molecule has 1 atom stereocenters. The van der Waals surface area contributed by atoms with E-state index >= 15 is 0 Å². The number of hydrogen-bond donors (Lipinski definition) is 2. The van der Waals surface area contributed by atoms with Gasteiger partial charge in [-0.2, -0.15) is 0 Å². The highest BCUT2D eigenvalue weighted by Crippen LogP contribution is 2.19. The molecule has 0 spiro atoms. The van der Waals surface area contributed by atoms with Gasteiger partial charge in [0.2, 0.25) is 0 Å². The second-order valence-electron chi connectivity index (χ2n) is 6.28. The summed E-state index contributed by atoms with van der Waals surface area (Å²) in [4.78, 5) is 28.0. The monoisotopic (exact) mass is 367 g/mol. The second-order valence-corrected chi connectivity index (χ2v) is 6.67. The van der Waals surface area contributed by atoms with Gasteiger partial charge in [0.15, 0.2) is 4.77 Å². The van der Waals surface area contributed by atoms with Crippen molar-refractivity contribution in [3.05, 3.63) is 74.8 Å². The van der Waals surface area contributed by atoms with Gasteiger partial charge in [-0.25, -0.2) is 0 Å². The Labute approximate surface area is 156 Å². The predicted octanol–water partition coefficient (Wildman–Crippen LogP) is 3.87. The fourth-order valence-corrected chi connectivity index (χ4v) is 3.18. The Bertz CT molecular complexity index is 1050. The normalized spacial score (nSPS) is 12.1. The summed E-state index contributed by atoms with van der Waals surface area (Å²) in [6.45, 7) is 2.09. The van der Waals surface area contributed by atoms with Crippen LogP contribution in [0.4, 0.5) is 0 Å². The van der Waals surface area contributed by atoms with E-state index in [2.05, 4.69) is 17.2 Å². The number of aromatic nitrogens is 2. The molecular weight excluding hydrogens is 346 g/mol. The molecule has 0 bridgehead atoms. The highest BCUT2D eigenvalue weighted by atomic mass is 32.1. The van der Waals surface area contributed by atoms with Crippen molar-refractivity contribution in [2.75, 3.05) is 0 Å². The largest absolute Gasteiger partial charge is 0.345 e. The number of H-pyrrole nitrogens is 1. The Morgan fingerprint density at radius 1 is 1.23 bits per heavy atom. The van der Waals surface area contributed by atoms with Crippen LogP contribution >= 0.6 is 12.2 Å². The number of amides is 1. The van der Waals surface area contributed by atoms with Crippen molar-refractivity contribution in [2.24, 2.45) is 7.05 Å².